The van der Waals surface area contributed by atoms with Crippen LogP contribution in [0.5, 0.6) is 0 Å². The maximum atomic E-state index is 6.58. The van der Waals surface area contributed by atoms with Crippen molar-refractivity contribution >= 4 is 0 Å². The van der Waals surface area contributed by atoms with Crippen LogP contribution in [0.1, 0.15) is 46.6 Å². The van der Waals surface area contributed by atoms with Crippen molar-refractivity contribution in [2.24, 2.45) is 11.3 Å². The summed E-state index contributed by atoms with van der Waals surface area (Å²) in [6.45, 7) is 11.3. The van der Waals surface area contributed by atoms with E-state index in [1.807, 2.05) is 0 Å². The SMILES string of the molecule is CC1C=C(C2(c3ccccc3)OC(C)(C)C2(C)C)C=CC1. The maximum Gasteiger partial charge on any atom is 0.126 e. The highest BCUT2D eigenvalue weighted by molar-refractivity contribution is 5.47. The number of allylic oxidation sites excluding steroid dienone is 2. The second-order valence-corrected chi connectivity index (χ2v) is 7.52. The predicted octanol–water partition coefficient (Wildman–Crippen LogP) is 5.24. The van der Waals surface area contributed by atoms with E-state index < -0.39 is 0 Å². The van der Waals surface area contributed by atoms with Gasteiger partial charge in [0.2, 0.25) is 0 Å². The first kappa shape index (κ1) is 14.6. The van der Waals surface area contributed by atoms with E-state index in [1.54, 1.807) is 0 Å². The molecule has 2 atom stereocenters. The van der Waals surface area contributed by atoms with Gasteiger partial charge in [0.25, 0.3) is 0 Å². The van der Waals surface area contributed by atoms with Gasteiger partial charge in [0.05, 0.1) is 5.60 Å². The minimum atomic E-state index is -0.330. The fraction of sp³-hybridized carbons (Fsp3) is 0.500. The van der Waals surface area contributed by atoms with Crippen molar-refractivity contribution in [3.8, 4) is 0 Å². The first-order valence-electron chi connectivity index (χ1n) is 7.96. The highest BCUT2D eigenvalue weighted by Crippen LogP contribution is 2.65. The third kappa shape index (κ3) is 1.87. The van der Waals surface area contributed by atoms with Gasteiger partial charge in [-0.15, -0.1) is 0 Å². The van der Waals surface area contributed by atoms with Gasteiger partial charge < -0.3 is 4.74 Å². The summed E-state index contributed by atoms with van der Waals surface area (Å²) in [7, 11) is 0. The fourth-order valence-electron chi connectivity index (χ4n) is 3.77. The summed E-state index contributed by atoms with van der Waals surface area (Å²) in [5.74, 6) is 0.577. The molecule has 1 nitrogen and oxygen atoms in total. The van der Waals surface area contributed by atoms with E-state index in [2.05, 4.69) is 83.2 Å². The lowest BCUT2D eigenvalue weighted by Crippen LogP contribution is -2.70. The monoisotopic (exact) mass is 282 g/mol. The van der Waals surface area contributed by atoms with Crippen molar-refractivity contribution in [2.45, 2.75) is 52.2 Å². The van der Waals surface area contributed by atoms with E-state index in [4.69, 9.17) is 4.74 Å². The molecule has 1 aliphatic heterocycles. The first-order valence-corrected chi connectivity index (χ1v) is 7.96. The normalized spacial score (nSPS) is 33.2. The van der Waals surface area contributed by atoms with E-state index in [1.165, 1.54) is 11.1 Å². The number of benzene rings is 1. The van der Waals surface area contributed by atoms with Crippen molar-refractivity contribution in [1.29, 1.82) is 0 Å². The lowest BCUT2D eigenvalue weighted by atomic mass is 9.53. The zero-order chi connectivity index (χ0) is 15.3. The lowest BCUT2D eigenvalue weighted by molar-refractivity contribution is -0.345. The summed E-state index contributed by atoms with van der Waals surface area (Å²) >= 11 is 0. The van der Waals surface area contributed by atoms with E-state index in [-0.39, 0.29) is 16.6 Å². The van der Waals surface area contributed by atoms with Crippen molar-refractivity contribution in [2.75, 3.05) is 0 Å². The molecule has 0 saturated carbocycles. The molecule has 21 heavy (non-hydrogen) atoms. The Hall–Kier alpha value is -1.34. The van der Waals surface area contributed by atoms with Gasteiger partial charge in [-0.25, -0.2) is 0 Å². The van der Waals surface area contributed by atoms with Gasteiger partial charge in [-0.2, -0.15) is 0 Å². The average Bonchev–Trinajstić information content (AvgIpc) is 2.45. The standard InChI is InChI=1S/C20H26O/c1-15-10-9-13-17(14-15)20(16-11-7-6-8-12-16)18(2,3)19(4,5)21-20/h6-9,11-15H,10H2,1-5H3. The molecule has 1 heterocycles. The summed E-state index contributed by atoms with van der Waals surface area (Å²) in [6, 6.07) is 10.7. The summed E-state index contributed by atoms with van der Waals surface area (Å²) < 4.78 is 6.58. The average molecular weight is 282 g/mol. The number of rotatable bonds is 2. The topological polar surface area (TPSA) is 9.23 Å². The molecule has 112 valence electrons. The molecule has 3 rings (SSSR count). The molecule has 0 N–H and O–H groups in total. The molecule has 1 aliphatic carbocycles. The predicted molar refractivity (Wildman–Crippen MR) is 88.1 cm³/mol. The Balaban J connectivity index is 2.17. The number of hydrogen-bond donors (Lipinski definition) is 0. The highest BCUT2D eigenvalue weighted by Gasteiger charge is 2.68. The highest BCUT2D eigenvalue weighted by atomic mass is 16.6. The minimum absolute atomic E-state index is 0.0363. The first-order chi connectivity index (χ1) is 9.81. The Morgan fingerprint density at radius 2 is 1.71 bits per heavy atom. The molecule has 0 amide bonds. The number of hydrogen-bond acceptors (Lipinski definition) is 1. The Bertz CT molecular complexity index is 592. The third-order valence-corrected chi connectivity index (χ3v) is 5.65. The molecule has 1 heteroatoms. The smallest absolute Gasteiger partial charge is 0.126 e. The van der Waals surface area contributed by atoms with Gasteiger partial charge in [0.1, 0.15) is 5.60 Å². The molecule has 2 aliphatic rings. The lowest BCUT2D eigenvalue weighted by Gasteiger charge is -2.67. The van der Waals surface area contributed by atoms with E-state index in [9.17, 15) is 0 Å². The Morgan fingerprint density at radius 1 is 1.05 bits per heavy atom. The van der Waals surface area contributed by atoms with E-state index in [0.29, 0.717) is 5.92 Å². The van der Waals surface area contributed by atoms with Crippen LogP contribution >= 0.6 is 0 Å². The van der Waals surface area contributed by atoms with Gasteiger partial charge in [-0.05, 0) is 37.3 Å². The molecule has 1 aromatic carbocycles. The third-order valence-electron chi connectivity index (χ3n) is 5.65. The molecule has 1 aromatic rings. The molecule has 1 fully saturated rings. The van der Waals surface area contributed by atoms with E-state index >= 15 is 0 Å². The van der Waals surface area contributed by atoms with Gasteiger partial charge in [-0.1, -0.05) is 69.3 Å². The molecule has 1 saturated heterocycles. The van der Waals surface area contributed by atoms with Crippen molar-refractivity contribution < 1.29 is 4.74 Å². The van der Waals surface area contributed by atoms with Crippen LogP contribution in [0, 0.1) is 11.3 Å². The zero-order valence-corrected chi connectivity index (χ0v) is 13.8. The van der Waals surface area contributed by atoms with Crippen LogP contribution in [-0.4, -0.2) is 5.60 Å². The second kappa shape index (κ2) is 4.58. The van der Waals surface area contributed by atoms with E-state index in [0.717, 1.165) is 6.42 Å². The van der Waals surface area contributed by atoms with Gasteiger partial charge >= 0.3 is 0 Å². The quantitative estimate of drug-likeness (QED) is 0.721. The van der Waals surface area contributed by atoms with Crippen LogP contribution < -0.4 is 0 Å². The van der Waals surface area contributed by atoms with Crippen LogP contribution in [-0.2, 0) is 10.3 Å². The van der Waals surface area contributed by atoms with Crippen molar-refractivity contribution in [3.63, 3.8) is 0 Å². The largest absolute Gasteiger partial charge is 0.358 e. The molecular weight excluding hydrogens is 256 g/mol. The van der Waals surface area contributed by atoms with Gasteiger partial charge in [0, 0.05) is 5.41 Å². The maximum absolute atomic E-state index is 6.58. The van der Waals surface area contributed by atoms with Crippen LogP contribution in [0.4, 0.5) is 0 Å². The summed E-state index contributed by atoms with van der Waals surface area (Å²) in [6.07, 6.45) is 8.07. The van der Waals surface area contributed by atoms with Crippen LogP contribution in [0.2, 0.25) is 0 Å². The molecule has 0 radical (unpaired) electrons. The molecule has 0 aromatic heterocycles. The Labute approximate surface area is 128 Å². The summed E-state index contributed by atoms with van der Waals surface area (Å²) in [5.41, 5.74) is 2.16. The Morgan fingerprint density at radius 3 is 2.24 bits per heavy atom. The van der Waals surface area contributed by atoms with Crippen molar-refractivity contribution in [3.05, 3.63) is 59.7 Å². The van der Waals surface area contributed by atoms with Crippen LogP contribution in [0.15, 0.2) is 54.1 Å². The van der Waals surface area contributed by atoms with Crippen LogP contribution in [0.3, 0.4) is 0 Å². The fourth-order valence-corrected chi connectivity index (χ4v) is 3.77. The Kier molecular flexibility index (Phi) is 3.18. The van der Waals surface area contributed by atoms with Gasteiger partial charge in [-0.3, -0.25) is 0 Å². The molecular formula is C20H26O. The second-order valence-electron chi connectivity index (χ2n) is 7.52. The zero-order valence-electron chi connectivity index (χ0n) is 13.8. The summed E-state index contributed by atoms with van der Waals surface area (Å²) in [4.78, 5) is 0. The van der Waals surface area contributed by atoms with Crippen molar-refractivity contribution in [1.82, 2.24) is 0 Å². The minimum Gasteiger partial charge on any atom is -0.358 e. The molecule has 0 spiro atoms. The molecule has 2 unspecified atom stereocenters. The van der Waals surface area contributed by atoms with Crippen LogP contribution in [0.25, 0.3) is 0 Å². The summed E-state index contributed by atoms with van der Waals surface area (Å²) in [5, 5.41) is 0. The van der Waals surface area contributed by atoms with Gasteiger partial charge in [0.15, 0.2) is 0 Å². The number of ether oxygens (including phenoxy) is 1. The molecule has 0 bridgehead atoms.